The molecule has 0 aliphatic heterocycles. The summed E-state index contributed by atoms with van der Waals surface area (Å²) < 4.78 is 5.32. The van der Waals surface area contributed by atoms with Crippen molar-refractivity contribution in [2.75, 3.05) is 11.9 Å². The molecule has 0 unspecified atom stereocenters. The molecule has 0 spiro atoms. The summed E-state index contributed by atoms with van der Waals surface area (Å²) in [5.41, 5.74) is 7.88. The SMILES string of the molecule is NC(=O)COc1ccccc1C(=O)Nc1ccc2nc(C3CCC3)[nH]c2c1. The molecule has 0 saturated heterocycles. The molecule has 4 N–H and O–H groups in total. The Balaban J connectivity index is 1.53. The average molecular weight is 364 g/mol. The van der Waals surface area contributed by atoms with Gasteiger partial charge < -0.3 is 20.8 Å². The highest BCUT2D eigenvalue weighted by atomic mass is 16.5. The maximum atomic E-state index is 12.7. The fraction of sp³-hybridized carbons (Fsp3) is 0.250. The van der Waals surface area contributed by atoms with Crippen molar-refractivity contribution in [2.24, 2.45) is 5.73 Å². The second-order valence-corrected chi connectivity index (χ2v) is 6.69. The lowest BCUT2D eigenvalue weighted by Gasteiger charge is -2.22. The van der Waals surface area contributed by atoms with E-state index in [-0.39, 0.29) is 12.5 Å². The number of ether oxygens (including phenoxy) is 1. The molecule has 2 amide bonds. The van der Waals surface area contributed by atoms with E-state index in [0.717, 1.165) is 16.9 Å². The van der Waals surface area contributed by atoms with Crippen LogP contribution in [0.2, 0.25) is 0 Å². The summed E-state index contributed by atoms with van der Waals surface area (Å²) in [6.07, 6.45) is 3.59. The lowest BCUT2D eigenvalue weighted by atomic mass is 9.85. The third kappa shape index (κ3) is 3.62. The first kappa shape index (κ1) is 17.1. The van der Waals surface area contributed by atoms with Crippen LogP contribution in [0.15, 0.2) is 42.5 Å². The number of H-pyrrole nitrogens is 1. The third-order valence-electron chi connectivity index (χ3n) is 4.75. The summed E-state index contributed by atoms with van der Waals surface area (Å²) in [5, 5.41) is 2.86. The number of hydrogen-bond acceptors (Lipinski definition) is 4. The third-order valence-corrected chi connectivity index (χ3v) is 4.75. The molecule has 1 heterocycles. The molecular weight excluding hydrogens is 344 g/mol. The van der Waals surface area contributed by atoms with E-state index in [1.165, 1.54) is 19.3 Å². The Kier molecular flexibility index (Phi) is 4.50. The predicted molar refractivity (Wildman–Crippen MR) is 102 cm³/mol. The summed E-state index contributed by atoms with van der Waals surface area (Å²) >= 11 is 0. The van der Waals surface area contributed by atoms with Crippen LogP contribution in [-0.4, -0.2) is 28.4 Å². The molecule has 4 rings (SSSR count). The minimum Gasteiger partial charge on any atom is -0.483 e. The Morgan fingerprint density at radius 3 is 2.78 bits per heavy atom. The number of aromatic nitrogens is 2. The minimum atomic E-state index is -0.600. The van der Waals surface area contributed by atoms with E-state index < -0.39 is 5.91 Å². The molecule has 7 nitrogen and oxygen atoms in total. The summed E-state index contributed by atoms with van der Waals surface area (Å²) in [6, 6.07) is 12.3. The lowest BCUT2D eigenvalue weighted by Crippen LogP contribution is -2.21. The van der Waals surface area contributed by atoms with Crippen LogP contribution in [0.25, 0.3) is 11.0 Å². The van der Waals surface area contributed by atoms with Gasteiger partial charge in [-0.2, -0.15) is 0 Å². The quantitative estimate of drug-likeness (QED) is 0.624. The van der Waals surface area contributed by atoms with Gasteiger partial charge in [-0.3, -0.25) is 9.59 Å². The van der Waals surface area contributed by atoms with Gasteiger partial charge in [-0.05, 0) is 43.2 Å². The van der Waals surface area contributed by atoms with E-state index in [2.05, 4.69) is 15.3 Å². The fourth-order valence-corrected chi connectivity index (χ4v) is 3.11. The zero-order valence-corrected chi connectivity index (χ0v) is 14.7. The second-order valence-electron chi connectivity index (χ2n) is 6.69. The molecule has 0 radical (unpaired) electrons. The van der Waals surface area contributed by atoms with Crippen LogP contribution in [0.3, 0.4) is 0 Å². The van der Waals surface area contributed by atoms with E-state index in [9.17, 15) is 9.59 Å². The van der Waals surface area contributed by atoms with Crippen molar-refractivity contribution < 1.29 is 14.3 Å². The van der Waals surface area contributed by atoms with Gasteiger partial charge in [0.25, 0.3) is 11.8 Å². The van der Waals surface area contributed by atoms with Gasteiger partial charge in [0.1, 0.15) is 11.6 Å². The number of para-hydroxylation sites is 1. The lowest BCUT2D eigenvalue weighted by molar-refractivity contribution is -0.119. The second kappa shape index (κ2) is 7.11. The average Bonchev–Trinajstić information content (AvgIpc) is 3.01. The van der Waals surface area contributed by atoms with Crippen molar-refractivity contribution in [1.82, 2.24) is 9.97 Å². The van der Waals surface area contributed by atoms with Gasteiger partial charge in [-0.25, -0.2) is 4.98 Å². The van der Waals surface area contributed by atoms with E-state index in [4.69, 9.17) is 10.5 Å². The van der Waals surface area contributed by atoms with Gasteiger partial charge >= 0.3 is 0 Å². The molecule has 0 bridgehead atoms. The number of aromatic amines is 1. The molecule has 27 heavy (non-hydrogen) atoms. The smallest absolute Gasteiger partial charge is 0.259 e. The van der Waals surface area contributed by atoms with Crippen LogP contribution in [0.5, 0.6) is 5.75 Å². The number of primary amides is 1. The zero-order valence-electron chi connectivity index (χ0n) is 14.7. The van der Waals surface area contributed by atoms with Crippen LogP contribution < -0.4 is 15.8 Å². The highest BCUT2D eigenvalue weighted by Crippen LogP contribution is 2.35. The maximum absolute atomic E-state index is 12.7. The summed E-state index contributed by atoms with van der Waals surface area (Å²) in [5.74, 6) is 0.920. The van der Waals surface area contributed by atoms with E-state index in [0.29, 0.717) is 22.9 Å². The number of fused-ring (bicyclic) bond motifs is 1. The summed E-state index contributed by atoms with van der Waals surface area (Å²) in [7, 11) is 0. The zero-order chi connectivity index (χ0) is 18.8. The standard InChI is InChI=1S/C20H20N4O3/c21-18(25)11-27-17-7-2-1-6-14(17)20(26)22-13-8-9-15-16(10-13)24-19(23-15)12-4-3-5-12/h1-2,6-10,12H,3-5,11H2,(H2,21,25)(H,22,26)(H,23,24). The molecule has 1 saturated carbocycles. The Morgan fingerprint density at radius 1 is 1.22 bits per heavy atom. The Morgan fingerprint density at radius 2 is 2.04 bits per heavy atom. The van der Waals surface area contributed by atoms with Crippen LogP contribution >= 0.6 is 0 Å². The number of anilines is 1. The number of rotatable bonds is 6. The van der Waals surface area contributed by atoms with E-state index in [1.54, 1.807) is 24.3 Å². The fourth-order valence-electron chi connectivity index (χ4n) is 3.11. The number of carbonyl (C=O) groups excluding carboxylic acids is 2. The molecule has 3 aromatic rings. The van der Waals surface area contributed by atoms with Gasteiger partial charge in [0.15, 0.2) is 6.61 Å². The Labute approximate surface area is 155 Å². The van der Waals surface area contributed by atoms with Gasteiger partial charge in [0, 0.05) is 11.6 Å². The molecule has 138 valence electrons. The largest absolute Gasteiger partial charge is 0.483 e. The first-order valence-electron chi connectivity index (χ1n) is 8.91. The topological polar surface area (TPSA) is 110 Å². The van der Waals surface area contributed by atoms with Crippen LogP contribution in [0, 0.1) is 0 Å². The molecular formula is C20H20N4O3. The number of hydrogen-bond donors (Lipinski definition) is 3. The van der Waals surface area contributed by atoms with E-state index in [1.807, 2.05) is 18.2 Å². The van der Waals surface area contributed by atoms with Crippen molar-refractivity contribution in [2.45, 2.75) is 25.2 Å². The van der Waals surface area contributed by atoms with Crippen molar-refractivity contribution in [3.05, 3.63) is 53.9 Å². The molecule has 2 aromatic carbocycles. The number of nitrogens with zero attached hydrogens (tertiary/aromatic N) is 1. The normalized spacial score (nSPS) is 13.9. The molecule has 1 aliphatic rings. The first-order chi connectivity index (χ1) is 13.1. The minimum absolute atomic E-state index is 0.283. The van der Waals surface area contributed by atoms with Crippen LogP contribution in [-0.2, 0) is 4.79 Å². The van der Waals surface area contributed by atoms with Crippen molar-refractivity contribution >= 4 is 28.5 Å². The van der Waals surface area contributed by atoms with Crippen molar-refractivity contribution in [3.8, 4) is 5.75 Å². The highest BCUT2D eigenvalue weighted by molar-refractivity contribution is 6.06. The molecule has 1 fully saturated rings. The van der Waals surface area contributed by atoms with Crippen molar-refractivity contribution in [1.29, 1.82) is 0 Å². The molecule has 7 heteroatoms. The number of nitrogens with one attached hydrogen (secondary N) is 2. The van der Waals surface area contributed by atoms with Gasteiger partial charge in [0.05, 0.1) is 16.6 Å². The molecule has 0 atom stereocenters. The monoisotopic (exact) mass is 364 g/mol. The van der Waals surface area contributed by atoms with Crippen molar-refractivity contribution in [3.63, 3.8) is 0 Å². The number of amides is 2. The Bertz CT molecular complexity index is 1010. The highest BCUT2D eigenvalue weighted by Gasteiger charge is 2.22. The predicted octanol–water partition coefficient (Wildman–Crippen LogP) is 2.95. The molecule has 1 aliphatic carbocycles. The molecule has 1 aromatic heterocycles. The number of imidazole rings is 1. The van der Waals surface area contributed by atoms with Gasteiger partial charge in [0.2, 0.25) is 0 Å². The van der Waals surface area contributed by atoms with Gasteiger partial charge in [-0.1, -0.05) is 18.6 Å². The summed E-state index contributed by atoms with van der Waals surface area (Å²) in [4.78, 5) is 31.6. The van der Waals surface area contributed by atoms with Crippen LogP contribution in [0.4, 0.5) is 5.69 Å². The van der Waals surface area contributed by atoms with Gasteiger partial charge in [-0.15, -0.1) is 0 Å². The number of carbonyl (C=O) groups is 2. The number of nitrogens with two attached hydrogens (primary N) is 1. The number of benzene rings is 2. The van der Waals surface area contributed by atoms with Crippen LogP contribution in [0.1, 0.15) is 41.4 Å². The van der Waals surface area contributed by atoms with E-state index >= 15 is 0 Å². The first-order valence-corrected chi connectivity index (χ1v) is 8.91. The Hall–Kier alpha value is -3.35. The maximum Gasteiger partial charge on any atom is 0.259 e. The summed E-state index contributed by atoms with van der Waals surface area (Å²) in [6.45, 7) is -0.283.